The summed E-state index contributed by atoms with van der Waals surface area (Å²) in [5.74, 6) is 0.315. The highest BCUT2D eigenvalue weighted by molar-refractivity contribution is 9.16. The van der Waals surface area contributed by atoms with Crippen molar-refractivity contribution in [2.45, 2.75) is 0 Å². The third-order valence-electron chi connectivity index (χ3n) is 2.74. The second-order valence-corrected chi connectivity index (χ2v) is 15.8. The Bertz CT molecular complexity index is 600. The number of rotatable bonds is 7. The highest BCUT2D eigenvalue weighted by Crippen LogP contribution is 2.57. The average molecular weight is 404 g/mol. The van der Waals surface area contributed by atoms with Crippen molar-refractivity contribution in [3.05, 3.63) is 48.5 Å². The molecule has 0 bridgehead atoms. The van der Waals surface area contributed by atoms with Gasteiger partial charge in [0.05, 0.1) is 14.2 Å². The largest absolute Gasteiger partial charge is 0.497 e. The van der Waals surface area contributed by atoms with E-state index in [9.17, 15) is 0 Å². The Labute approximate surface area is 150 Å². The Kier molecular flexibility index (Phi) is 7.55. The van der Waals surface area contributed by atoms with Gasteiger partial charge in [0.2, 0.25) is 20.8 Å². The average Bonchev–Trinajstić information content (AvgIpc) is 2.59. The molecule has 114 valence electrons. The van der Waals surface area contributed by atoms with Crippen LogP contribution >= 0.6 is 32.6 Å². The smallest absolute Gasteiger partial charge is 0.298 e. The van der Waals surface area contributed by atoms with Crippen molar-refractivity contribution in [3.8, 4) is 11.5 Å². The summed E-state index contributed by atoms with van der Waals surface area (Å²) in [4.78, 5) is 0. The molecule has 0 heterocycles. The summed E-state index contributed by atoms with van der Waals surface area (Å²) in [5.41, 5.74) is 0. The molecule has 2 aromatic rings. The molecule has 0 aromatic heterocycles. The van der Waals surface area contributed by atoms with Crippen LogP contribution in [0.15, 0.2) is 48.5 Å². The van der Waals surface area contributed by atoms with Crippen molar-refractivity contribution in [2.75, 3.05) is 14.2 Å². The van der Waals surface area contributed by atoms with E-state index >= 15 is 0 Å². The van der Waals surface area contributed by atoms with E-state index in [1.807, 2.05) is 48.5 Å². The summed E-state index contributed by atoms with van der Waals surface area (Å²) in [7, 11) is 6.73. The van der Waals surface area contributed by atoms with Gasteiger partial charge in [0.1, 0.15) is 11.5 Å². The monoisotopic (exact) mass is 404 g/mol. The maximum Gasteiger partial charge on any atom is 0.298 e. The zero-order chi connectivity index (χ0) is 15.9. The van der Waals surface area contributed by atoms with Gasteiger partial charge in [-0.25, -0.2) is 0 Å². The second-order valence-electron chi connectivity index (χ2n) is 4.06. The molecule has 2 rings (SSSR count). The van der Waals surface area contributed by atoms with Crippen LogP contribution < -0.4 is 20.1 Å². The van der Waals surface area contributed by atoms with Gasteiger partial charge in [-0.05, 0) is 48.5 Å². The van der Waals surface area contributed by atoms with Crippen LogP contribution in [0.5, 0.6) is 11.5 Å². The van der Waals surface area contributed by atoms with Gasteiger partial charge in [-0.15, -0.1) is 0 Å². The Hall–Kier alpha value is -0.220. The SMILES string of the molecule is COc1ccc([P+](=S)SS[P+](=S)c2ccc(OC)cc2)cc1. The minimum Gasteiger partial charge on any atom is -0.497 e. The summed E-state index contributed by atoms with van der Waals surface area (Å²) in [6, 6.07) is 15.9. The minimum absolute atomic E-state index is 0.693. The maximum atomic E-state index is 5.60. The van der Waals surface area contributed by atoms with E-state index in [2.05, 4.69) is 0 Å². The lowest BCUT2D eigenvalue weighted by molar-refractivity contribution is 0.415. The fraction of sp³-hybridized carbons (Fsp3) is 0.143. The lowest BCUT2D eigenvalue weighted by atomic mass is 10.3. The first kappa shape index (κ1) is 18.1. The van der Waals surface area contributed by atoms with Crippen molar-refractivity contribution >= 4 is 66.8 Å². The number of benzene rings is 2. The van der Waals surface area contributed by atoms with E-state index in [1.54, 1.807) is 35.0 Å². The van der Waals surface area contributed by atoms with Gasteiger partial charge in [-0.2, -0.15) is 0 Å². The molecule has 2 nitrogen and oxygen atoms in total. The summed E-state index contributed by atoms with van der Waals surface area (Å²) in [6.07, 6.45) is 0. The predicted molar refractivity (Wildman–Crippen MR) is 109 cm³/mol. The molecule has 2 aromatic carbocycles. The lowest BCUT2D eigenvalue weighted by Crippen LogP contribution is -1.94. The van der Waals surface area contributed by atoms with Crippen LogP contribution in [0.3, 0.4) is 0 Å². The Morgan fingerprint density at radius 1 is 0.682 bits per heavy atom. The van der Waals surface area contributed by atoms with E-state index < -0.39 is 11.8 Å². The quantitative estimate of drug-likeness (QED) is 0.486. The topological polar surface area (TPSA) is 18.5 Å². The zero-order valence-electron chi connectivity index (χ0n) is 12.0. The Morgan fingerprint density at radius 2 is 1.00 bits per heavy atom. The highest BCUT2D eigenvalue weighted by atomic mass is 33.5. The van der Waals surface area contributed by atoms with Crippen molar-refractivity contribution < 1.29 is 9.47 Å². The van der Waals surface area contributed by atoms with E-state index in [0.717, 1.165) is 22.1 Å². The second kappa shape index (κ2) is 9.17. The fourth-order valence-corrected chi connectivity index (χ4v) is 15.3. The van der Waals surface area contributed by atoms with Gasteiger partial charge in [-0.3, -0.25) is 0 Å². The van der Waals surface area contributed by atoms with E-state index in [1.165, 1.54) is 0 Å². The van der Waals surface area contributed by atoms with Gasteiger partial charge in [0.25, 0.3) is 11.8 Å². The third kappa shape index (κ3) is 5.16. The molecule has 0 saturated carbocycles. The van der Waals surface area contributed by atoms with Gasteiger partial charge >= 0.3 is 0 Å². The standard InChI is InChI=1S/C14H14O2P2S4/c1-15-11-3-7-13(8-4-11)17(19)21-22-18(20)14-9-5-12(16-2)6-10-14/h3-10H,1-2H3/q+2. The molecule has 8 heteroatoms. The van der Waals surface area contributed by atoms with Crippen molar-refractivity contribution in [1.29, 1.82) is 0 Å². The zero-order valence-corrected chi connectivity index (χ0v) is 17.0. The molecule has 0 aliphatic heterocycles. The van der Waals surface area contributed by atoms with Gasteiger partial charge in [0.15, 0.2) is 34.2 Å². The van der Waals surface area contributed by atoms with Gasteiger partial charge in [-0.1, -0.05) is 0 Å². The molecule has 0 fully saturated rings. The molecule has 0 amide bonds. The van der Waals surface area contributed by atoms with E-state index in [0.29, 0.717) is 0 Å². The molecular weight excluding hydrogens is 390 g/mol. The van der Waals surface area contributed by atoms with Crippen molar-refractivity contribution in [3.63, 3.8) is 0 Å². The highest BCUT2D eigenvalue weighted by Gasteiger charge is 2.26. The molecule has 0 spiro atoms. The first-order valence-electron chi connectivity index (χ1n) is 6.21. The summed E-state index contributed by atoms with van der Waals surface area (Å²) in [5, 5.41) is 2.33. The summed E-state index contributed by atoms with van der Waals surface area (Å²) >= 11 is 11.2. The van der Waals surface area contributed by atoms with Crippen LogP contribution in [0.1, 0.15) is 0 Å². The van der Waals surface area contributed by atoms with Crippen molar-refractivity contribution in [1.82, 2.24) is 0 Å². The summed E-state index contributed by atoms with van der Waals surface area (Å²) in [6.45, 7) is 0. The van der Waals surface area contributed by atoms with Gasteiger partial charge in [0, 0.05) is 0 Å². The van der Waals surface area contributed by atoms with E-state index in [4.69, 9.17) is 33.1 Å². The first-order valence-corrected chi connectivity index (χ1v) is 14.3. The molecule has 0 N–H and O–H groups in total. The third-order valence-corrected chi connectivity index (χ3v) is 16.2. The fourth-order valence-electron chi connectivity index (χ4n) is 1.55. The lowest BCUT2D eigenvalue weighted by Gasteiger charge is -1.97. The van der Waals surface area contributed by atoms with Crippen LogP contribution in [-0.2, 0) is 23.6 Å². The number of ether oxygens (including phenoxy) is 2. The Balaban J connectivity index is 1.92. The number of hydrogen-bond acceptors (Lipinski definition) is 6. The maximum absolute atomic E-state index is 5.60. The predicted octanol–water partition coefficient (Wildman–Crippen LogP) is 4.75. The molecule has 0 aliphatic rings. The molecule has 22 heavy (non-hydrogen) atoms. The first-order chi connectivity index (χ1) is 10.6. The van der Waals surface area contributed by atoms with E-state index in [-0.39, 0.29) is 0 Å². The van der Waals surface area contributed by atoms with Crippen LogP contribution in [0.25, 0.3) is 0 Å². The van der Waals surface area contributed by atoms with Crippen LogP contribution in [-0.4, -0.2) is 14.2 Å². The van der Waals surface area contributed by atoms with Crippen molar-refractivity contribution in [2.24, 2.45) is 0 Å². The molecule has 0 aliphatic carbocycles. The molecule has 2 unspecified atom stereocenters. The Morgan fingerprint density at radius 3 is 1.27 bits per heavy atom. The molecule has 0 saturated heterocycles. The molecule has 2 atom stereocenters. The molecule has 0 radical (unpaired) electrons. The normalized spacial score (nSPS) is 11.7. The summed E-state index contributed by atoms with van der Waals surface area (Å²) < 4.78 is 10.3. The number of hydrogen-bond donors (Lipinski definition) is 0. The molecular formula is C14H14O2P2S4+2. The number of methoxy groups -OCH3 is 2. The minimum atomic E-state index is -0.693. The van der Waals surface area contributed by atoms with Crippen LogP contribution in [0, 0.1) is 0 Å². The van der Waals surface area contributed by atoms with Crippen LogP contribution in [0.4, 0.5) is 0 Å². The van der Waals surface area contributed by atoms with Gasteiger partial charge < -0.3 is 9.47 Å². The van der Waals surface area contributed by atoms with Crippen LogP contribution in [0.2, 0.25) is 0 Å².